The topological polar surface area (TPSA) is 60.4 Å². The van der Waals surface area contributed by atoms with Gasteiger partial charge in [-0.2, -0.15) is 0 Å². The smallest absolute Gasteiger partial charge is 0.374 e. The number of carbonyl (C=O) groups excluding carboxylic acids is 3. The van der Waals surface area contributed by atoms with Crippen LogP contribution in [0.2, 0.25) is 0 Å². The first-order valence-electron chi connectivity index (χ1n) is 4.46. The molecule has 0 aliphatic heterocycles. The van der Waals surface area contributed by atoms with Crippen LogP contribution < -0.4 is 0 Å². The summed E-state index contributed by atoms with van der Waals surface area (Å²) in [5, 5.41) is -0.423. The highest BCUT2D eigenvalue weighted by atomic mass is 35.5. The Morgan fingerprint density at radius 2 is 1.71 bits per heavy atom. The molecule has 5 heteroatoms. The number of ether oxygens (including phenoxy) is 1. The second-order valence-electron chi connectivity index (χ2n) is 2.71. The molecular weight excluding hydrogens is 208 g/mol. The molecule has 4 nitrogen and oxygen atoms in total. The van der Waals surface area contributed by atoms with Crippen LogP contribution in [0.5, 0.6) is 0 Å². The van der Waals surface area contributed by atoms with Gasteiger partial charge in [-0.1, -0.05) is 0 Å². The molecule has 0 unspecified atom stereocenters. The van der Waals surface area contributed by atoms with Crippen molar-refractivity contribution in [1.29, 1.82) is 0 Å². The zero-order valence-corrected chi connectivity index (χ0v) is 8.80. The molecule has 0 atom stereocenters. The van der Waals surface area contributed by atoms with Gasteiger partial charge in [0.1, 0.15) is 0 Å². The van der Waals surface area contributed by atoms with Gasteiger partial charge in [0, 0.05) is 12.8 Å². The second-order valence-corrected chi connectivity index (χ2v) is 3.13. The molecule has 80 valence electrons. The molecule has 0 aromatic heterocycles. The fourth-order valence-corrected chi connectivity index (χ4v) is 0.997. The normalized spacial score (nSPS) is 9.57. The van der Waals surface area contributed by atoms with Crippen LogP contribution in [0.3, 0.4) is 0 Å². The average Bonchev–Trinajstić information content (AvgIpc) is 2.12. The fourth-order valence-electron chi connectivity index (χ4n) is 0.863. The maximum atomic E-state index is 11.0. The number of Topliss-reactive ketones (excluding diaryl/α,β-unsaturated/α-hetero) is 1. The summed E-state index contributed by atoms with van der Waals surface area (Å²) in [6.07, 6.45) is 1.35. The molecule has 0 saturated heterocycles. The minimum Gasteiger partial charge on any atom is -0.460 e. The van der Waals surface area contributed by atoms with E-state index in [-0.39, 0.29) is 19.4 Å². The van der Waals surface area contributed by atoms with Crippen LogP contribution in [0, 0.1) is 0 Å². The fraction of sp³-hybridized carbons (Fsp3) is 0.667. The number of unbranched alkanes of at least 4 members (excludes halogenated alkanes) is 1. The molecule has 0 saturated carbocycles. The van der Waals surface area contributed by atoms with Gasteiger partial charge in [-0.25, -0.2) is 4.79 Å². The third-order valence-electron chi connectivity index (χ3n) is 1.53. The highest BCUT2D eigenvalue weighted by molar-refractivity contribution is 6.63. The van der Waals surface area contributed by atoms with Crippen molar-refractivity contribution in [2.75, 3.05) is 6.61 Å². The lowest BCUT2D eigenvalue weighted by atomic mass is 10.1. The van der Waals surface area contributed by atoms with Crippen molar-refractivity contribution in [2.45, 2.75) is 32.6 Å². The average molecular weight is 221 g/mol. The number of halogens is 1. The zero-order chi connectivity index (χ0) is 11.0. The number of ketones is 1. The zero-order valence-electron chi connectivity index (χ0n) is 8.05. The van der Waals surface area contributed by atoms with E-state index in [1.54, 1.807) is 6.92 Å². The third kappa shape index (κ3) is 6.60. The van der Waals surface area contributed by atoms with Crippen molar-refractivity contribution in [3.05, 3.63) is 0 Å². The van der Waals surface area contributed by atoms with Gasteiger partial charge in [-0.05, 0) is 31.4 Å². The van der Waals surface area contributed by atoms with Crippen molar-refractivity contribution in [3.8, 4) is 0 Å². The van der Waals surface area contributed by atoms with Crippen LogP contribution >= 0.6 is 11.6 Å². The molecule has 0 bridgehead atoms. The van der Waals surface area contributed by atoms with Gasteiger partial charge in [0.15, 0.2) is 0 Å². The molecule has 0 aliphatic carbocycles. The molecule has 0 aromatic rings. The van der Waals surface area contributed by atoms with Gasteiger partial charge in [0.2, 0.25) is 11.0 Å². The summed E-state index contributed by atoms with van der Waals surface area (Å²) in [6.45, 7) is 1.84. The minimum atomic E-state index is -0.801. The molecular formula is C9H13ClO4. The van der Waals surface area contributed by atoms with E-state index in [1.807, 2.05) is 0 Å². The van der Waals surface area contributed by atoms with Gasteiger partial charge in [-0.3, -0.25) is 9.59 Å². The Morgan fingerprint density at radius 1 is 1.14 bits per heavy atom. The van der Waals surface area contributed by atoms with E-state index in [0.29, 0.717) is 12.8 Å². The van der Waals surface area contributed by atoms with Gasteiger partial charge in [0.25, 0.3) is 0 Å². The number of carbonyl (C=O) groups is 3. The lowest BCUT2D eigenvalue weighted by molar-refractivity contribution is -0.153. The highest BCUT2D eigenvalue weighted by Crippen LogP contribution is 2.03. The summed E-state index contributed by atoms with van der Waals surface area (Å²) in [5.74, 6) is -1.35. The molecule has 0 rings (SSSR count). The quantitative estimate of drug-likeness (QED) is 0.282. The van der Waals surface area contributed by atoms with Gasteiger partial charge in [0.05, 0.1) is 6.61 Å². The summed E-state index contributed by atoms with van der Waals surface area (Å²) in [4.78, 5) is 32.1. The number of hydrogen-bond donors (Lipinski definition) is 0. The van der Waals surface area contributed by atoms with Gasteiger partial charge in [-0.15, -0.1) is 0 Å². The van der Waals surface area contributed by atoms with Gasteiger partial charge >= 0.3 is 5.97 Å². The van der Waals surface area contributed by atoms with E-state index in [0.717, 1.165) is 0 Å². The molecule has 0 aromatic carbocycles. The molecule has 14 heavy (non-hydrogen) atoms. The van der Waals surface area contributed by atoms with E-state index in [1.165, 1.54) is 0 Å². The van der Waals surface area contributed by atoms with Crippen LogP contribution in [-0.4, -0.2) is 23.6 Å². The van der Waals surface area contributed by atoms with Crippen LogP contribution in [0.15, 0.2) is 0 Å². The Morgan fingerprint density at radius 3 is 2.21 bits per heavy atom. The van der Waals surface area contributed by atoms with Crippen molar-refractivity contribution in [1.82, 2.24) is 0 Å². The van der Waals surface area contributed by atoms with Crippen molar-refractivity contribution in [2.24, 2.45) is 0 Å². The summed E-state index contributed by atoms with van der Waals surface area (Å²) >= 11 is 5.09. The first kappa shape index (κ1) is 13.1. The Bertz CT molecular complexity index is 225. The van der Waals surface area contributed by atoms with Crippen LogP contribution in [-0.2, 0) is 19.1 Å². The maximum absolute atomic E-state index is 11.0. The SMILES string of the molecule is CCOC(=O)C(=O)CCCCC(=O)Cl. The Kier molecular flexibility index (Phi) is 7.02. The Balaban J connectivity index is 3.53. The predicted octanol–water partition coefficient (Wildman–Crippen LogP) is 1.44. The number of hydrogen-bond acceptors (Lipinski definition) is 4. The predicted molar refractivity (Wildman–Crippen MR) is 51.0 cm³/mol. The van der Waals surface area contributed by atoms with Crippen LogP contribution in [0.4, 0.5) is 0 Å². The second kappa shape index (κ2) is 7.50. The van der Waals surface area contributed by atoms with E-state index in [4.69, 9.17) is 11.6 Å². The van der Waals surface area contributed by atoms with Crippen LogP contribution in [0.1, 0.15) is 32.6 Å². The Labute approximate surface area is 87.6 Å². The summed E-state index contributed by atoms with van der Waals surface area (Å²) in [6, 6.07) is 0. The first-order chi connectivity index (χ1) is 6.57. The van der Waals surface area contributed by atoms with Crippen LogP contribution in [0.25, 0.3) is 0 Å². The first-order valence-corrected chi connectivity index (χ1v) is 4.84. The van der Waals surface area contributed by atoms with E-state index in [9.17, 15) is 14.4 Å². The summed E-state index contributed by atoms with van der Waals surface area (Å²) in [5.41, 5.74) is 0. The molecule has 0 radical (unpaired) electrons. The Hall–Kier alpha value is -0.900. The largest absolute Gasteiger partial charge is 0.460 e. The lowest BCUT2D eigenvalue weighted by Gasteiger charge is -1.99. The summed E-state index contributed by atoms with van der Waals surface area (Å²) in [7, 11) is 0. The van der Waals surface area contributed by atoms with Crippen molar-refractivity contribution in [3.63, 3.8) is 0 Å². The standard InChI is InChI=1S/C9H13ClO4/c1-2-14-9(13)7(11)5-3-4-6-8(10)12/h2-6H2,1H3. The molecule has 0 heterocycles. The van der Waals surface area contributed by atoms with E-state index < -0.39 is 17.0 Å². The number of rotatable bonds is 7. The van der Waals surface area contributed by atoms with Crippen molar-refractivity contribution >= 4 is 28.6 Å². The highest BCUT2D eigenvalue weighted by Gasteiger charge is 2.13. The van der Waals surface area contributed by atoms with E-state index >= 15 is 0 Å². The van der Waals surface area contributed by atoms with E-state index in [2.05, 4.69) is 4.74 Å². The molecule has 0 N–H and O–H groups in total. The molecule has 0 aliphatic rings. The lowest BCUT2D eigenvalue weighted by Crippen LogP contribution is -2.16. The monoisotopic (exact) mass is 220 g/mol. The molecule has 0 fully saturated rings. The maximum Gasteiger partial charge on any atom is 0.374 e. The summed E-state index contributed by atoms with van der Waals surface area (Å²) < 4.78 is 4.50. The molecule has 0 spiro atoms. The minimum absolute atomic E-state index is 0.114. The molecule has 0 amide bonds. The van der Waals surface area contributed by atoms with Gasteiger partial charge < -0.3 is 4.74 Å². The van der Waals surface area contributed by atoms with Crippen molar-refractivity contribution < 1.29 is 19.1 Å². The third-order valence-corrected chi connectivity index (χ3v) is 1.72. The number of esters is 1.